The molecule has 104 valence electrons. The van der Waals surface area contributed by atoms with Crippen molar-refractivity contribution >= 4 is 0 Å². The largest absolute Gasteiger partial charge is 0.311 e. The van der Waals surface area contributed by atoms with Crippen LogP contribution in [-0.2, 0) is 6.54 Å². The van der Waals surface area contributed by atoms with E-state index in [0.29, 0.717) is 6.04 Å². The molecule has 0 aliphatic rings. The summed E-state index contributed by atoms with van der Waals surface area (Å²) in [5.41, 5.74) is 3.18. The van der Waals surface area contributed by atoms with E-state index in [-0.39, 0.29) is 0 Å². The number of likely N-dealkylation sites (N-methyl/N-ethyl adjacent to an activating group) is 1. The Labute approximate surface area is 117 Å². The number of hydrogen-bond donors (Lipinski definition) is 1. The molecule has 1 rings (SSSR count). The Hall–Kier alpha value is -1.37. The van der Waals surface area contributed by atoms with Gasteiger partial charge in [-0.1, -0.05) is 13.0 Å². The van der Waals surface area contributed by atoms with Crippen LogP contribution in [0.25, 0.3) is 0 Å². The van der Waals surface area contributed by atoms with E-state index < -0.39 is 0 Å². The smallest absolute Gasteiger partial charge is 0.0991 e. The molecular formula is C16H25N3. The summed E-state index contributed by atoms with van der Waals surface area (Å²) in [5.74, 6) is 0. The lowest BCUT2D eigenvalue weighted by Crippen LogP contribution is -2.34. The molecule has 1 aromatic rings. The molecule has 1 atom stereocenters. The van der Waals surface area contributed by atoms with Crippen molar-refractivity contribution in [3.8, 4) is 6.07 Å². The van der Waals surface area contributed by atoms with Crippen LogP contribution in [0.15, 0.2) is 18.2 Å². The van der Waals surface area contributed by atoms with Crippen molar-refractivity contribution in [2.45, 2.75) is 39.8 Å². The van der Waals surface area contributed by atoms with Gasteiger partial charge in [0, 0.05) is 25.7 Å². The van der Waals surface area contributed by atoms with Crippen LogP contribution in [0.3, 0.4) is 0 Å². The molecule has 0 aliphatic heterocycles. The molecule has 0 bridgehead atoms. The van der Waals surface area contributed by atoms with Crippen molar-refractivity contribution in [2.24, 2.45) is 0 Å². The summed E-state index contributed by atoms with van der Waals surface area (Å²) in [4.78, 5) is 2.37. The van der Waals surface area contributed by atoms with Crippen LogP contribution < -0.4 is 5.32 Å². The van der Waals surface area contributed by atoms with Gasteiger partial charge in [-0.2, -0.15) is 5.26 Å². The maximum Gasteiger partial charge on any atom is 0.0991 e. The highest BCUT2D eigenvalue weighted by Crippen LogP contribution is 2.10. The molecule has 1 unspecified atom stereocenters. The monoisotopic (exact) mass is 259 g/mol. The molecule has 1 N–H and O–H groups in total. The molecule has 0 fully saturated rings. The summed E-state index contributed by atoms with van der Waals surface area (Å²) in [6.07, 6.45) is 1.19. The lowest BCUT2D eigenvalue weighted by molar-refractivity contribution is 0.251. The van der Waals surface area contributed by atoms with Crippen molar-refractivity contribution in [2.75, 3.05) is 20.1 Å². The summed E-state index contributed by atoms with van der Waals surface area (Å²) >= 11 is 0. The lowest BCUT2D eigenvalue weighted by atomic mass is 10.1. The van der Waals surface area contributed by atoms with Gasteiger partial charge in [-0.3, -0.25) is 0 Å². The summed E-state index contributed by atoms with van der Waals surface area (Å²) < 4.78 is 0. The van der Waals surface area contributed by atoms with Crippen molar-refractivity contribution < 1.29 is 0 Å². The summed E-state index contributed by atoms with van der Waals surface area (Å²) in [6.45, 7) is 9.44. The first kappa shape index (κ1) is 15.7. The predicted octanol–water partition coefficient (Wildman–Crippen LogP) is 2.69. The Morgan fingerprint density at radius 2 is 2.16 bits per heavy atom. The Morgan fingerprint density at radius 1 is 1.42 bits per heavy atom. The van der Waals surface area contributed by atoms with E-state index in [1.165, 1.54) is 17.5 Å². The Bertz CT molecular complexity index is 434. The molecule has 3 heteroatoms. The molecular weight excluding hydrogens is 234 g/mol. The van der Waals surface area contributed by atoms with E-state index in [9.17, 15) is 0 Å². The molecule has 0 aliphatic carbocycles. The van der Waals surface area contributed by atoms with Crippen LogP contribution in [0.4, 0.5) is 0 Å². The van der Waals surface area contributed by atoms with Gasteiger partial charge >= 0.3 is 0 Å². The van der Waals surface area contributed by atoms with Crippen LogP contribution in [0.5, 0.6) is 0 Å². The number of aryl methyl sites for hydroxylation is 1. The van der Waals surface area contributed by atoms with Crippen LogP contribution >= 0.6 is 0 Å². The zero-order valence-electron chi connectivity index (χ0n) is 12.5. The van der Waals surface area contributed by atoms with Gasteiger partial charge in [-0.05, 0) is 50.6 Å². The Balaban J connectivity index is 2.36. The number of nitriles is 1. The van der Waals surface area contributed by atoms with Crippen LogP contribution in [-0.4, -0.2) is 31.1 Å². The second kappa shape index (κ2) is 7.93. The molecule has 3 nitrogen and oxygen atoms in total. The van der Waals surface area contributed by atoms with E-state index in [1.54, 1.807) is 0 Å². The first-order chi connectivity index (χ1) is 9.08. The minimum Gasteiger partial charge on any atom is -0.311 e. The SMILES string of the molecule is CCC(C)N(C)CCNCc1ccc(C#N)cc1C. The van der Waals surface area contributed by atoms with Crippen LogP contribution in [0.1, 0.15) is 37.0 Å². The molecule has 0 saturated heterocycles. The fraction of sp³-hybridized carbons (Fsp3) is 0.562. The van der Waals surface area contributed by atoms with Gasteiger partial charge in [-0.15, -0.1) is 0 Å². The second-order valence-electron chi connectivity index (χ2n) is 5.17. The van der Waals surface area contributed by atoms with Gasteiger partial charge in [0.25, 0.3) is 0 Å². The van der Waals surface area contributed by atoms with E-state index in [1.807, 2.05) is 18.2 Å². The molecule has 19 heavy (non-hydrogen) atoms. The fourth-order valence-corrected chi connectivity index (χ4v) is 1.97. The highest BCUT2D eigenvalue weighted by Gasteiger charge is 2.05. The Morgan fingerprint density at radius 3 is 2.74 bits per heavy atom. The number of nitrogens with one attached hydrogen (secondary N) is 1. The minimum absolute atomic E-state index is 0.637. The topological polar surface area (TPSA) is 39.1 Å². The van der Waals surface area contributed by atoms with Gasteiger partial charge in [0.05, 0.1) is 11.6 Å². The average Bonchev–Trinajstić information content (AvgIpc) is 2.43. The standard InChI is InChI=1S/C16H25N3/c1-5-14(3)19(4)9-8-18-12-16-7-6-15(11-17)10-13(16)2/h6-7,10,14,18H,5,8-9,12H2,1-4H3. The molecule has 0 heterocycles. The van der Waals surface area contributed by atoms with Crippen molar-refractivity contribution in [1.82, 2.24) is 10.2 Å². The van der Waals surface area contributed by atoms with Crippen molar-refractivity contribution in [3.63, 3.8) is 0 Å². The third-order valence-electron chi connectivity index (χ3n) is 3.77. The van der Waals surface area contributed by atoms with Gasteiger partial charge in [0.15, 0.2) is 0 Å². The molecule has 1 aromatic carbocycles. The third kappa shape index (κ3) is 5.02. The maximum atomic E-state index is 8.83. The third-order valence-corrected chi connectivity index (χ3v) is 3.77. The first-order valence-electron chi connectivity index (χ1n) is 6.99. The molecule has 0 spiro atoms. The number of nitrogens with zero attached hydrogens (tertiary/aromatic N) is 2. The van der Waals surface area contributed by atoms with Gasteiger partial charge in [0.2, 0.25) is 0 Å². The van der Waals surface area contributed by atoms with E-state index >= 15 is 0 Å². The molecule has 0 amide bonds. The summed E-state index contributed by atoms with van der Waals surface area (Å²) in [5, 5.41) is 12.3. The van der Waals surface area contributed by atoms with Crippen molar-refractivity contribution in [1.29, 1.82) is 5.26 Å². The second-order valence-corrected chi connectivity index (χ2v) is 5.17. The van der Waals surface area contributed by atoms with Crippen molar-refractivity contribution in [3.05, 3.63) is 34.9 Å². The average molecular weight is 259 g/mol. The Kier molecular flexibility index (Phi) is 6.55. The summed E-state index contributed by atoms with van der Waals surface area (Å²) in [7, 11) is 2.17. The highest BCUT2D eigenvalue weighted by molar-refractivity contribution is 5.37. The number of benzene rings is 1. The fourth-order valence-electron chi connectivity index (χ4n) is 1.97. The van der Waals surface area contributed by atoms with Gasteiger partial charge < -0.3 is 10.2 Å². The molecule has 0 aromatic heterocycles. The number of hydrogen-bond acceptors (Lipinski definition) is 3. The summed E-state index contributed by atoms with van der Waals surface area (Å²) in [6, 6.07) is 8.68. The first-order valence-corrected chi connectivity index (χ1v) is 6.99. The van der Waals surface area contributed by atoms with Gasteiger partial charge in [0.1, 0.15) is 0 Å². The zero-order chi connectivity index (χ0) is 14.3. The van der Waals surface area contributed by atoms with E-state index in [4.69, 9.17) is 5.26 Å². The van der Waals surface area contributed by atoms with E-state index in [2.05, 4.69) is 44.1 Å². The molecule has 0 saturated carbocycles. The van der Waals surface area contributed by atoms with E-state index in [0.717, 1.165) is 25.2 Å². The quantitative estimate of drug-likeness (QED) is 0.765. The lowest BCUT2D eigenvalue weighted by Gasteiger charge is -2.23. The maximum absolute atomic E-state index is 8.83. The van der Waals surface area contributed by atoms with Gasteiger partial charge in [-0.25, -0.2) is 0 Å². The normalized spacial score (nSPS) is 12.4. The zero-order valence-corrected chi connectivity index (χ0v) is 12.5. The number of rotatable bonds is 7. The van der Waals surface area contributed by atoms with Crippen LogP contribution in [0, 0.1) is 18.3 Å². The highest BCUT2D eigenvalue weighted by atomic mass is 15.1. The molecule has 0 radical (unpaired) electrons. The van der Waals surface area contributed by atoms with Crippen LogP contribution in [0.2, 0.25) is 0 Å². The predicted molar refractivity (Wildman–Crippen MR) is 80.0 cm³/mol. The minimum atomic E-state index is 0.637.